The number of hydrogen-bond acceptors (Lipinski definition) is 3. The van der Waals surface area contributed by atoms with Gasteiger partial charge in [-0.1, -0.05) is 36.4 Å². The number of rotatable bonds is 4. The van der Waals surface area contributed by atoms with Gasteiger partial charge in [-0.05, 0) is 55.7 Å². The molecule has 0 spiro atoms. The Morgan fingerprint density at radius 3 is 2.16 bits per heavy atom. The lowest BCUT2D eigenvalue weighted by Crippen LogP contribution is -2.14. The van der Waals surface area contributed by atoms with Crippen LogP contribution >= 0.6 is 0 Å². The van der Waals surface area contributed by atoms with Gasteiger partial charge in [0.1, 0.15) is 5.69 Å². The third-order valence-electron chi connectivity index (χ3n) is 4.14. The fraction of sp³-hybridized carbons (Fsp3) is 0.143. The second-order valence-electron chi connectivity index (χ2n) is 6.09. The van der Waals surface area contributed by atoms with Gasteiger partial charge in [0, 0.05) is 11.4 Å². The Labute approximate surface area is 147 Å². The van der Waals surface area contributed by atoms with E-state index in [0.717, 1.165) is 22.6 Å². The number of aryl methyl sites for hydroxylation is 3. The Morgan fingerprint density at radius 2 is 1.52 bits per heavy atom. The minimum Gasteiger partial charge on any atom is -0.354 e. The lowest BCUT2D eigenvalue weighted by Gasteiger charge is -2.13. The molecule has 0 saturated heterocycles. The summed E-state index contributed by atoms with van der Waals surface area (Å²) in [5, 5.41) is 6.26. The lowest BCUT2D eigenvalue weighted by molar-refractivity contribution is 0.102. The van der Waals surface area contributed by atoms with E-state index in [9.17, 15) is 4.79 Å². The highest BCUT2D eigenvalue weighted by Crippen LogP contribution is 2.24. The van der Waals surface area contributed by atoms with Gasteiger partial charge in [-0.3, -0.25) is 4.79 Å². The quantitative estimate of drug-likeness (QED) is 0.707. The number of nitrogens with zero attached hydrogens (tertiary/aromatic N) is 1. The number of aromatic nitrogens is 1. The van der Waals surface area contributed by atoms with Crippen LogP contribution in [0.5, 0.6) is 0 Å². The number of benzene rings is 2. The molecule has 1 heterocycles. The van der Waals surface area contributed by atoms with Gasteiger partial charge in [-0.15, -0.1) is 0 Å². The fourth-order valence-electron chi connectivity index (χ4n) is 2.66. The summed E-state index contributed by atoms with van der Waals surface area (Å²) in [4.78, 5) is 16.6. The van der Waals surface area contributed by atoms with Crippen LogP contribution in [0.3, 0.4) is 0 Å². The Kier molecular flexibility index (Phi) is 4.80. The lowest BCUT2D eigenvalue weighted by atomic mass is 10.1. The van der Waals surface area contributed by atoms with E-state index in [0.29, 0.717) is 5.69 Å². The second kappa shape index (κ2) is 7.18. The van der Waals surface area contributed by atoms with E-state index < -0.39 is 0 Å². The normalized spacial score (nSPS) is 10.4. The van der Waals surface area contributed by atoms with Crippen LogP contribution in [0.4, 0.5) is 17.1 Å². The van der Waals surface area contributed by atoms with Crippen molar-refractivity contribution in [1.29, 1.82) is 0 Å². The molecular weight excluding hydrogens is 310 g/mol. The van der Waals surface area contributed by atoms with Crippen molar-refractivity contribution >= 4 is 23.0 Å². The fourth-order valence-corrected chi connectivity index (χ4v) is 2.66. The van der Waals surface area contributed by atoms with Gasteiger partial charge in [0.05, 0.1) is 11.9 Å². The summed E-state index contributed by atoms with van der Waals surface area (Å²) in [5.74, 6) is -0.215. The molecule has 25 heavy (non-hydrogen) atoms. The molecular formula is C21H21N3O. The third kappa shape index (κ3) is 3.86. The van der Waals surface area contributed by atoms with Crippen LogP contribution in [-0.2, 0) is 0 Å². The number of anilines is 3. The molecule has 2 aromatic carbocycles. The molecule has 3 aromatic rings. The van der Waals surface area contributed by atoms with Crippen molar-refractivity contribution in [3.05, 3.63) is 83.2 Å². The van der Waals surface area contributed by atoms with Crippen molar-refractivity contribution in [2.24, 2.45) is 0 Å². The molecule has 0 bridgehead atoms. The van der Waals surface area contributed by atoms with Gasteiger partial charge < -0.3 is 10.6 Å². The van der Waals surface area contributed by atoms with E-state index in [-0.39, 0.29) is 5.91 Å². The van der Waals surface area contributed by atoms with Gasteiger partial charge in [0.2, 0.25) is 0 Å². The topological polar surface area (TPSA) is 54.0 Å². The van der Waals surface area contributed by atoms with Crippen LogP contribution in [0.15, 0.2) is 60.8 Å². The zero-order valence-electron chi connectivity index (χ0n) is 14.6. The number of hydrogen-bond donors (Lipinski definition) is 2. The average molecular weight is 331 g/mol. The zero-order chi connectivity index (χ0) is 17.8. The number of para-hydroxylation sites is 2. The highest BCUT2D eigenvalue weighted by atomic mass is 16.1. The molecule has 3 rings (SSSR count). The number of carbonyl (C=O) groups excluding carboxylic acids is 1. The molecule has 4 nitrogen and oxygen atoms in total. The van der Waals surface area contributed by atoms with Gasteiger partial charge in [0.25, 0.3) is 5.91 Å². The summed E-state index contributed by atoms with van der Waals surface area (Å²) >= 11 is 0. The first-order chi connectivity index (χ1) is 12.0. The van der Waals surface area contributed by atoms with Crippen LogP contribution in [0, 0.1) is 20.8 Å². The molecule has 0 fully saturated rings. The molecule has 0 radical (unpaired) electrons. The summed E-state index contributed by atoms with van der Waals surface area (Å²) in [6.45, 7) is 6.08. The van der Waals surface area contributed by atoms with Crippen molar-refractivity contribution < 1.29 is 4.79 Å². The largest absolute Gasteiger partial charge is 0.354 e. The molecule has 0 aliphatic rings. The maximum atomic E-state index is 12.4. The van der Waals surface area contributed by atoms with E-state index in [1.165, 1.54) is 11.1 Å². The van der Waals surface area contributed by atoms with Gasteiger partial charge in [-0.25, -0.2) is 4.98 Å². The van der Waals surface area contributed by atoms with Crippen LogP contribution in [0.1, 0.15) is 27.2 Å². The number of pyridine rings is 1. The van der Waals surface area contributed by atoms with Crippen molar-refractivity contribution in [2.45, 2.75) is 20.8 Å². The Morgan fingerprint density at radius 1 is 0.840 bits per heavy atom. The van der Waals surface area contributed by atoms with E-state index in [1.807, 2.05) is 43.3 Å². The van der Waals surface area contributed by atoms with Crippen molar-refractivity contribution in [2.75, 3.05) is 10.6 Å². The summed E-state index contributed by atoms with van der Waals surface area (Å²) < 4.78 is 0. The molecule has 0 atom stereocenters. The maximum Gasteiger partial charge on any atom is 0.274 e. The van der Waals surface area contributed by atoms with E-state index in [2.05, 4.69) is 41.6 Å². The Balaban J connectivity index is 1.74. The standard InChI is InChI=1S/C21H21N3O/c1-14-7-4-5-10-18(14)24-21(25)19-12-11-17(13-22-19)23-20-15(2)8-6-9-16(20)3/h4-13,23H,1-3H3,(H,24,25). The van der Waals surface area contributed by atoms with Crippen molar-refractivity contribution in [1.82, 2.24) is 4.98 Å². The summed E-state index contributed by atoms with van der Waals surface area (Å²) in [6.07, 6.45) is 1.68. The molecule has 0 aliphatic carbocycles. The maximum absolute atomic E-state index is 12.4. The average Bonchev–Trinajstić information content (AvgIpc) is 2.61. The highest BCUT2D eigenvalue weighted by Gasteiger charge is 2.09. The predicted molar refractivity (Wildman–Crippen MR) is 103 cm³/mol. The van der Waals surface area contributed by atoms with Crippen molar-refractivity contribution in [3.63, 3.8) is 0 Å². The minimum atomic E-state index is -0.215. The molecule has 1 amide bonds. The van der Waals surface area contributed by atoms with E-state index in [4.69, 9.17) is 0 Å². The van der Waals surface area contributed by atoms with Crippen LogP contribution in [-0.4, -0.2) is 10.9 Å². The van der Waals surface area contributed by atoms with Gasteiger partial charge in [0.15, 0.2) is 0 Å². The first-order valence-electron chi connectivity index (χ1n) is 8.21. The molecule has 0 aliphatic heterocycles. The third-order valence-corrected chi connectivity index (χ3v) is 4.14. The predicted octanol–water partition coefficient (Wildman–Crippen LogP) is 5.00. The van der Waals surface area contributed by atoms with E-state index >= 15 is 0 Å². The number of nitrogens with one attached hydrogen (secondary N) is 2. The highest BCUT2D eigenvalue weighted by molar-refractivity contribution is 6.03. The SMILES string of the molecule is Cc1ccccc1NC(=O)c1ccc(Nc2c(C)cccc2C)cn1. The molecule has 4 heteroatoms. The van der Waals surface area contributed by atoms with Crippen molar-refractivity contribution in [3.8, 4) is 0 Å². The zero-order valence-corrected chi connectivity index (χ0v) is 14.6. The Hall–Kier alpha value is -3.14. The number of amides is 1. The molecule has 2 N–H and O–H groups in total. The number of carbonyl (C=O) groups is 1. The molecule has 1 aromatic heterocycles. The summed E-state index contributed by atoms with van der Waals surface area (Å²) in [7, 11) is 0. The van der Waals surface area contributed by atoms with Crippen LogP contribution in [0.2, 0.25) is 0 Å². The van der Waals surface area contributed by atoms with Gasteiger partial charge in [-0.2, -0.15) is 0 Å². The first kappa shape index (κ1) is 16.7. The van der Waals surface area contributed by atoms with E-state index in [1.54, 1.807) is 12.3 Å². The first-order valence-corrected chi connectivity index (χ1v) is 8.21. The molecule has 0 saturated carbocycles. The van der Waals surface area contributed by atoms with Gasteiger partial charge >= 0.3 is 0 Å². The monoisotopic (exact) mass is 331 g/mol. The van der Waals surface area contributed by atoms with Crippen LogP contribution < -0.4 is 10.6 Å². The second-order valence-corrected chi connectivity index (χ2v) is 6.09. The van der Waals surface area contributed by atoms with Crippen LogP contribution in [0.25, 0.3) is 0 Å². The smallest absolute Gasteiger partial charge is 0.274 e. The summed E-state index contributed by atoms with van der Waals surface area (Å²) in [6, 6.07) is 17.4. The molecule has 126 valence electrons. The molecule has 0 unspecified atom stereocenters. The minimum absolute atomic E-state index is 0.215. The Bertz CT molecular complexity index is 881. The summed E-state index contributed by atoms with van der Waals surface area (Å²) in [5.41, 5.74) is 6.46.